The Kier molecular flexibility index (Phi) is 5.18. The van der Waals surface area contributed by atoms with Crippen molar-refractivity contribution in [2.45, 2.75) is 18.0 Å². The van der Waals surface area contributed by atoms with Crippen molar-refractivity contribution in [3.8, 4) is 11.4 Å². The van der Waals surface area contributed by atoms with Crippen LogP contribution >= 0.6 is 23.4 Å². The van der Waals surface area contributed by atoms with Crippen LogP contribution in [0.5, 0.6) is 0 Å². The SMILES string of the molecule is Cn1c(SCC(=O)N2CCCc3ccccc32)nnc1-c1ccc(Cl)cc1. The minimum Gasteiger partial charge on any atom is -0.311 e. The lowest BCUT2D eigenvalue weighted by Gasteiger charge is -2.29. The zero-order valence-electron chi connectivity index (χ0n) is 14.9. The Morgan fingerprint density at radius 3 is 2.74 bits per heavy atom. The fraction of sp³-hybridized carbons (Fsp3) is 0.250. The first kappa shape index (κ1) is 18.1. The van der Waals surface area contributed by atoms with E-state index in [-0.39, 0.29) is 5.91 Å². The van der Waals surface area contributed by atoms with Crippen molar-refractivity contribution < 1.29 is 4.79 Å². The molecule has 3 aromatic rings. The number of carbonyl (C=O) groups excluding carboxylic acids is 1. The van der Waals surface area contributed by atoms with Crippen molar-refractivity contribution in [2.75, 3.05) is 17.2 Å². The van der Waals surface area contributed by atoms with Gasteiger partial charge in [-0.1, -0.05) is 41.6 Å². The summed E-state index contributed by atoms with van der Waals surface area (Å²) in [5, 5.41) is 9.92. The summed E-state index contributed by atoms with van der Waals surface area (Å²) >= 11 is 7.36. The van der Waals surface area contributed by atoms with E-state index in [0.29, 0.717) is 10.8 Å². The van der Waals surface area contributed by atoms with E-state index < -0.39 is 0 Å². The van der Waals surface area contributed by atoms with E-state index >= 15 is 0 Å². The van der Waals surface area contributed by atoms with Gasteiger partial charge in [-0.25, -0.2) is 0 Å². The lowest BCUT2D eigenvalue weighted by molar-refractivity contribution is -0.116. The highest BCUT2D eigenvalue weighted by Gasteiger charge is 2.23. The molecule has 1 aliphatic rings. The summed E-state index contributed by atoms with van der Waals surface area (Å²) in [7, 11) is 1.91. The Morgan fingerprint density at radius 2 is 1.93 bits per heavy atom. The van der Waals surface area contributed by atoms with E-state index in [4.69, 9.17) is 11.6 Å². The maximum Gasteiger partial charge on any atom is 0.237 e. The van der Waals surface area contributed by atoms with Crippen LogP contribution in [0.3, 0.4) is 0 Å². The average Bonchev–Trinajstić information content (AvgIpc) is 3.07. The number of aromatic nitrogens is 3. The topological polar surface area (TPSA) is 51.0 Å². The lowest BCUT2D eigenvalue weighted by Crippen LogP contribution is -2.36. The van der Waals surface area contributed by atoms with Crippen LogP contribution in [0.25, 0.3) is 11.4 Å². The molecule has 1 aromatic heterocycles. The second-order valence-electron chi connectivity index (χ2n) is 6.44. The van der Waals surface area contributed by atoms with Gasteiger partial charge in [0.1, 0.15) is 0 Å². The van der Waals surface area contributed by atoms with Crippen LogP contribution in [-0.2, 0) is 18.3 Å². The molecule has 0 radical (unpaired) electrons. The number of aryl methyl sites for hydroxylation is 1. The quantitative estimate of drug-likeness (QED) is 0.618. The van der Waals surface area contributed by atoms with Gasteiger partial charge in [0.05, 0.1) is 5.75 Å². The summed E-state index contributed by atoms with van der Waals surface area (Å²) in [5.41, 5.74) is 3.22. The van der Waals surface area contributed by atoms with Crippen LogP contribution in [0.4, 0.5) is 5.69 Å². The Bertz CT molecular complexity index is 970. The molecular formula is C20H19ClN4OS. The molecule has 0 aliphatic carbocycles. The lowest BCUT2D eigenvalue weighted by atomic mass is 10.0. The van der Waals surface area contributed by atoms with Gasteiger partial charge in [-0.05, 0) is 48.7 Å². The molecule has 0 unspecified atom stereocenters. The average molecular weight is 399 g/mol. The molecule has 27 heavy (non-hydrogen) atoms. The highest BCUT2D eigenvalue weighted by molar-refractivity contribution is 7.99. The molecule has 1 amide bonds. The second kappa shape index (κ2) is 7.74. The number of hydrogen-bond acceptors (Lipinski definition) is 4. The van der Waals surface area contributed by atoms with Gasteiger partial charge in [-0.2, -0.15) is 0 Å². The third-order valence-electron chi connectivity index (χ3n) is 4.67. The largest absolute Gasteiger partial charge is 0.311 e. The van der Waals surface area contributed by atoms with Crippen molar-refractivity contribution in [1.29, 1.82) is 0 Å². The maximum absolute atomic E-state index is 12.8. The monoisotopic (exact) mass is 398 g/mol. The number of anilines is 1. The molecule has 0 saturated heterocycles. The molecule has 4 rings (SSSR count). The van der Waals surface area contributed by atoms with Gasteiger partial charge < -0.3 is 9.47 Å². The summed E-state index contributed by atoms with van der Waals surface area (Å²) in [6, 6.07) is 15.6. The van der Waals surface area contributed by atoms with E-state index in [2.05, 4.69) is 16.3 Å². The predicted octanol–water partition coefficient (Wildman–Crippen LogP) is 4.21. The maximum atomic E-state index is 12.8. The minimum atomic E-state index is 0.100. The number of carbonyl (C=O) groups is 1. The zero-order valence-corrected chi connectivity index (χ0v) is 16.5. The van der Waals surface area contributed by atoms with Gasteiger partial charge in [0.2, 0.25) is 5.91 Å². The number of thioether (sulfide) groups is 1. The van der Waals surface area contributed by atoms with E-state index in [0.717, 1.165) is 41.6 Å². The highest BCUT2D eigenvalue weighted by Crippen LogP contribution is 2.29. The van der Waals surface area contributed by atoms with Crippen molar-refractivity contribution in [3.05, 3.63) is 59.1 Å². The first-order chi connectivity index (χ1) is 13.1. The Morgan fingerprint density at radius 1 is 1.15 bits per heavy atom. The molecule has 0 saturated carbocycles. The number of para-hydroxylation sites is 1. The fourth-order valence-electron chi connectivity index (χ4n) is 3.29. The zero-order chi connectivity index (χ0) is 18.8. The van der Waals surface area contributed by atoms with Crippen molar-refractivity contribution >= 4 is 35.0 Å². The van der Waals surface area contributed by atoms with E-state index in [1.807, 2.05) is 59.0 Å². The number of rotatable bonds is 4. The van der Waals surface area contributed by atoms with Crippen LogP contribution in [0.15, 0.2) is 53.7 Å². The normalized spacial score (nSPS) is 13.5. The molecule has 0 bridgehead atoms. The molecule has 138 valence electrons. The summed E-state index contributed by atoms with van der Waals surface area (Å²) in [6.45, 7) is 0.769. The third-order valence-corrected chi connectivity index (χ3v) is 5.93. The third kappa shape index (κ3) is 3.73. The fourth-order valence-corrected chi connectivity index (χ4v) is 4.20. The van der Waals surface area contributed by atoms with Gasteiger partial charge in [-0.3, -0.25) is 4.79 Å². The standard InChI is InChI=1S/C20H19ClN4OS/c1-24-19(15-8-10-16(21)11-9-15)22-23-20(24)27-13-18(26)25-12-4-6-14-5-2-3-7-17(14)25/h2-3,5,7-11H,4,6,12-13H2,1H3. The first-order valence-corrected chi connectivity index (χ1v) is 10.2. The van der Waals surface area contributed by atoms with E-state index in [9.17, 15) is 4.79 Å². The van der Waals surface area contributed by atoms with Gasteiger partial charge in [-0.15, -0.1) is 10.2 Å². The Labute approximate surface area is 167 Å². The van der Waals surface area contributed by atoms with Gasteiger partial charge in [0.25, 0.3) is 0 Å². The van der Waals surface area contributed by atoms with Crippen LogP contribution in [-0.4, -0.2) is 33.0 Å². The number of hydrogen-bond donors (Lipinski definition) is 0. The number of amides is 1. The first-order valence-electron chi connectivity index (χ1n) is 8.80. The molecular weight excluding hydrogens is 380 g/mol. The van der Waals surface area contributed by atoms with Crippen molar-refractivity contribution in [3.63, 3.8) is 0 Å². The molecule has 5 nitrogen and oxygen atoms in total. The van der Waals surface area contributed by atoms with Crippen LogP contribution in [0.1, 0.15) is 12.0 Å². The number of halogens is 1. The summed E-state index contributed by atoms with van der Waals surface area (Å²) < 4.78 is 1.91. The van der Waals surface area contributed by atoms with Crippen LogP contribution in [0.2, 0.25) is 5.02 Å². The number of fused-ring (bicyclic) bond motifs is 1. The number of benzene rings is 2. The molecule has 0 spiro atoms. The second-order valence-corrected chi connectivity index (χ2v) is 7.82. The molecule has 2 aromatic carbocycles. The van der Waals surface area contributed by atoms with Gasteiger partial charge >= 0.3 is 0 Å². The summed E-state index contributed by atoms with van der Waals surface area (Å²) in [4.78, 5) is 14.7. The molecule has 1 aliphatic heterocycles. The molecule has 0 N–H and O–H groups in total. The summed E-state index contributed by atoms with van der Waals surface area (Å²) in [6.07, 6.45) is 2.03. The van der Waals surface area contributed by atoms with Gasteiger partial charge in [0, 0.05) is 29.9 Å². The molecule has 0 atom stereocenters. The van der Waals surface area contributed by atoms with Crippen LogP contribution in [0, 0.1) is 0 Å². The van der Waals surface area contributed by atoms with E-state index in [1.165, 1.54) is 17.3 Å². The summed E-state index contributed by atoms with van der Waals surface area (Å²) in [5.74, 6) is 1.19. The molecule has 2 heterocycles. The molecule has 7 heteroatoms. The van der Waals surface area contributed by atoms with Crippen LogP contribution < -0.4 is 4.90 Å². The van der Waals surface area contributed by atoms with E-state index in [1.54, 1.807) is 0 Å². The number of nitrogens with zero attached hydrogens (tertiary/aromatic N) is 4. The van der Waals surface area contributed by atoms with Crippen molar-refractivity contribution in [1.82, 2.24) is 14.8 Å². The minimum absolute atomic E-state index is 0.100. The predicted molar refractivity (Wildman–Crippen MR) is 109 cm³/mol. The van der Waals surface area contributed by atoms with Crippen molar-refractivity contribution in [2.24, 2.45) is 7.05 Å². The highest BCUT2D eigenvalue weighted by atomic mass is 35.5. The Hall–Kier alpha value is -2.31. The molecule has 0 fully saturated rings. The Balaban J connectivity index is 1.47. The smallest absolute Gasteiger partial charge is 0.237 e. The van der Waals surface area contributed by atoms with Gasteiger partial charge in [0.15, 0.2) is 11.0 Å².